The first kappa shape index (κ1) is 11.3. The number of rotatable bonds is 3. The van der Waals surface area contributed by atoms with Crippen LogP contribution in [0, 0.1) is 6.92 Å². The van der Waals surface area contributed by atoms with E-state index in [0.29, 0.717) is 12.1 Å². The van der Waals surface area contributed by atoms with Crippen LogP contribution >= 0.6 is 0 Å². The number of hydrogen-bond acceptors (Lipinski definition) is 3. The second-order valence-corrected chi connectivity index (χ2v) is 3.81. The van der Waals surface area contributed by atoms with Crippen LogP contribution in [-0.2, 0) is 13.6 Å². The highest BCUT2D eigenvalue weighted by Gasteiger charge is 2.11. The van der Waals surface area contributed by atoms with Crippen molar-refractivity contribution in [3.05, 3.63) is 47.5 Å². The topological polar surface area (TPSA) is 59.8 Å². The molecular formula is C12H14N4O. The molecule has 0 saturated heterocycles. The Hall–Kier alpha value is -2.17. The molecule has 5 heteroatoms. The molecule has 0 saturated carbocycles. The molecule has 2 aromatic rings. The van der Waals surface area contributed by atoms with Crippen molar-refractivity contribution in [2.75, 3.05) is 0 Å². The Balaban J connectivity index is 2.01. The van der Waals surface area contributed by atoms with Gasteiger partial charge in [0.05, 0.1) is 11.8 Å². The number of aromatic nitrogens is 3. The average Bonchev–Trinajstić information content (AvgIpc) is 2.69. The molecule has 2 heterocycles. The van der Waals surface area contributed by atoms with E-state index in [0.717, 1.165) is 11.3 Å². The monoisotopic (exact) mass is 230 g/mol. The van der Waals surface area contributed by atoms with Gasteiger partial charge in [-0.15, -0.1) is 0 Å². The lowest BCUT2D eigenvalue weighted by molar-refractivity contribution is 0.0950. The van der Waals surface area contributed by atoms with E-state index < -0.39 is 0 Å². The van der Waals surface area contributed by atoms with E-state index in [4.69, 9.17) is 0 Å². The minimum atomic E-state index is -0.104. The highest BCUT2D eigenvalue weighted by Crippen LogP contribution is 2.05. The quantitative estimate of drug-likeness (QED) is 0.857. The van der Waals surface area contributed by atoms with Crippen molar-refractivity contribution in [3.8, 4) is 0 Å². The Morgan fingerprint density at radius 3 is 2.71 bits per heavy atom. The summed E-state index contributed by atoms with van der Waals surface area (Å²) in [4.78, 5) is 15.8. The normalized spacial score (nSPS) is 10.2. The van der Waals surface area contributed by atoms with Gasteiger partial charge in [0, 0.05) is 31.7 Å². The molecule has 2 aromatic heterocycles. The van der Waals surface area contributed by atoms with Gasteiger partial charge in [0.2, 0.25) is 0 Å². The third-order valence-corrected chi connectivity index (χ3v) is 2.68. The van der Waals surface area contributed by atoms with Crippen LogP contribution in [0.2, 0.25) is 0 Å². The van der Waals surface area contributed by atoms with E-state index in [1.165, 1.54) is 0 Å². The molecule has 0 spiro atoms. The third kappa shape index (κ3) is 2.50. The predicted molar refractivity (Wildman–Crippen MR) is 63.4 cm³/mol. The van der Waals surface area contributed by atoms with E-state index in [1.54, 1.807) is 23.3 Å². The van der Waals surface area contributed by atoms with Crippen molar-refractivity contribution in [1.82, 2.24) is 20.1 Å². The number of carbonyl (C=O) groups excluding carboxylic acids is 1. The minimum Gasteiger partial charge on any atom is -0.348 e. The smallest absolute Gasteiger partial charge is 0.255 e. The fraction of sp³-hybridized carbons (Fsp3) is 0.250. The number of amides is 1. The number of hydrogen-bond donors (Lipinski definition) is 1. The largest absolute Gasteiger partial charge is 0.348 e. The van der Waals surface area contributed by atoms with Crippen molar-refractivity contribution >= 4 is 5.91 Å². The maximum Gasteiger partial charge on any atom is 0.255 e. The van der Waals surface area contributed by atoms with Gasteiger partial charge in [-0.1, -0.05) is 0 Å². The molecule has 1 N–H and O–H groups in total. The third-order valence-electron chi connectivity index (χ3n) is 2.68. The zero-order valence-corrected chi connectivity index (χ0v) is 9.84. The van der Waals surface area contributed by atoms with Crippen LogP contribution in [0.15, 0.2) is 30.7 Å². The van der Waals surface area contributed by atoms with Gasteiger partial charge in [0.1, 0.15) is 0 Å². The zero-order chi connectivity index (χ0) is 12.3. The van der Waals surface area contributed by atoms with Gasteiger partial charge in [0.25, 0.3) is 5.91 Å². The van der Waals surface area contributed by atoms with Crippen LogP contribution in [-0.4, -0.2) is 20.7 Å². The molecule has 0 aliphatic carbocycles. The Labute approximate surface area is 99.5 Å². The van der Waals surface area contributed by atoms with Crippen LogP contribution in [0.5, 0.6) is 0 Å². The molecule has 1 amide bonds. The molecule has 2 rings (SSSR count). The molecule has 0 bridgehead atoms. The summed E-state index contributed by atoms with van der Waals surface area (Å²) in [7, 11) is 1.81. The van der Waals surface area contributed by atoms with Gasteiger partial charge in [-0.25, -0.2) is 0 Å². The molecule has 17 heavy (non-hydrogen) atoms. The van der Waals surface area contributed by atoms with E-state index in [-0.39, 0.29) is 5.91 Å². The first-order valence-electron chi connectivity index (χ1n) is 5.34. The van der Waals surface area contributed by atoms with Gasteiger partial charge in [-0.2, -0.15) is 5.10 Å². The van der Waals surface area contributed by atoms with Crippen LogP contribution in [0.4, 0.5) is 0 Å². The summed E-state index contributed by atoms with van der Waals surface area (Å²) in [6, 6.07) is 3.74. The molecule has 0 atom stereocenters. The molecule has 0 aliphatic heterocycles. The molecule has 0 unspecified atom stereocenters. The van der Waals surface area contributed by atoms with Crippen molar-refractivity contribution in [1.29, 1.82) is 0 Å². The fourth-order valence-corrected chi connectivity index (χ4v) is 1.50. The van der Waals surface area contributed by atoms with E-state index in [2.05, 4.69) is 15.4 Å². The predicted octanol–water partition coefficient (Wildman–Crippen LogP) is 1.05. The standard InChI is InChI=1S/C12H14N4O/c1-9-11(8-15-16(9)2)12(17)14-7-10-3-5-13-6-4-10/h3-6,8H,7H2,1-2H3,(H,14,17). The van der Waals surface area contributed by atoms with Crippen molar-refractivity contribution in [2.45, 2.75) is 13.5 Å². The van der Waals surface area contributed by atoms with Gasteiger partial charge in [-0.05, 0) is 24.6 Å². The van der Waals surface area contributed by atoms with Crippen molar-refractivity contribution in [2.24, 2.45) is 7.05 Å². The molecule has 0 radical (unpaired) electrons. The van der Waals surface area contributed by atoms with Gasteiger partial charge < -0.3 is 5.32 Å². The van der Waals surface area contributed by atoms with Crippen LogP contribution in [0.1, 0.15) is 21.6 Å². The highest BCUT2D eigenvalue weighted by atomic mass is 16.1. The number of carbonyl (C=O) groups is 1. The lowest BCUT2D eigenvalue weighted by atomic mass is 10.2. The maximum atomic E-state index is 11.9. The summed E-state index contributed by atoms with van der Waals surface area (Å²) in [6.45, 7) is 2.37. The summed E-state index contributed by atoms with van der Waals surface area (Å²) >= 11 is 0. The zero-order valence-electron chi connectivity index (χ0n) is 9.84. The Bertz CT molecular complexity index is 519. The summed E-state index contributed by atoms with van der Waals surface area (Å²) < 4.78 is 1.68. The first-order chi connectivity index (χ1) is 8.18. The van der Waals surface area contributed by atoms with Gasteiger partial charge >= 0.3 is 0 Å². The summed E-state index contributed by atoms with van der Waals surface area (Å²) in [5.74, 6) is -0.104. The molecular weight excluding hydrogens is 216 g/mol. The van der Waals surface area contributed by atoms with E-state index in [9.17, 15) is 4.79 Å². The molecule has 0 aliphatic rings. The summed E-state index contributed by atoms with van der Waals surface area (Å²) in [6.07, 6.45) is 4.99. The molecule has 0 fully saturated rings. The van der Waals surface area contributed by atoms with Crippen LogP contribution < -0.4 is 5.32 Å². The van der Waals surface area contributed by atoms with Gasteiger partial charge in [-0.3, -0.25) is 14.5 Å². The summed E-state index contributed by atoms with van der Waals surface area (Å²) in [5, 5.41) is 6.89. The number of nitrogens with one attached hydrogen (secondary N) is 1. The number of nitrogens with zero attached hydrogens (tertiary/aromatic N) is 3. The molecule has 0 aromatic carbocycles. The number of pyridine rings is 1. The Morgan fingerprint density at radius 1 is 1.41 bits per heavy atom. The van der Waals surface area contributed by atoms with E-state index in [1.807, 2.05) is 26.1 Å². The Kier molecular flexibility index (Phi) is 3.18. The average molecular weight is 230 g/mol. The lowest BCUT2D eigenvalue weighted by Gasteiger charge is -2.04. The second kappa shape index (κ2) is 4.78. The Morgan fingerprint density at radius 2 is 2.12 bits per heavy atom. The first-order valence-corrected chi connectivity index (χ1v) is 5.34. The van der Waals surface area contributed by atoms with Crippen molar-refractivity contribution < 1.29 is 4.79 Å². The minimum absolute atomic E-state index is 0.104. The maximum absolute atomic E-state index is 11.9. The van der Waals surface area contributed by atoms with Crippen LogP contribution in [0.25, 0.3) is 0 Å². The van der Waals surface area contributed by atoms with Crippen LogP contribution in [0.3, 0.4) is 0 Å². The fourth-order valence-electron chi connectivity index (χ4n) is 1.50. The second-order valence-electron chi connectivity index (χ2n) is 3.81. The summed E-state index contributed by atoms with van der Waals surface area (Å²) in [5.41, 5.74) is 2.49. The molecule has 5 nitrogen and oxygen atoms in total. The molecule has 88 valence electrons. The van der Waals surface area contributed by atoms with Gasteiger partial charge in [0.15, 0.2) is 0 Å². The highest BCUT2D eigenvalue weighted by molar-refractivity contribution is 5.94. The number of aryl methyl sites for hydroxylation is 1. The van der Waals surface area contributed by atoms with E-state index >= 15 is 0 Å². The van der Waals surface area contributed by atoms with Crippen molar-refractivity contribution in [3.63, 3.8) is 0 Å². The lowest BCUT2D eigenvalue weighted by Crippen LogP contribution is -2.23. The SMILES string of the molecule is Cc1c(C(=O)NCc2ccncc2)cnn1C.